The van der Waals surface area contributed by atoms with Crippen molar-refractivity contribution in [3.05, 3.63) is 29.8 Å². The number of anilines is 1. The quantitative estimate of drug-likeness (QED) is 0.824. The van der Waals surface area contributed by atoms with Gasteiger partial charge in [0.05, 0.1) is 18.2 Å². The first-order chi connectivity index (χ1) is 9.02. The van der Waals surface area contributed by atoms with Crippen LogP contribution in [0.1, 0.15) is 30.6 Å². The molecule has 0 radical (unpaired) electrons. The molecule has 0 aliphatic carbocycles. The number of benzene rings is 1. The number of nitriles is 1. The zero-order valence-corrected chi connectivity index (χ0v) is 11.0. The lowest BCUT2D eigenvalue weighted by Crippen LogP contribution is -2.12. The Labute approximate surface area is 112 Å². The van der Waals surface area contributed by atoms with Crippen molar-refractivity contribution in [2.45, 2.75) is 20.3 Å². The first-order valence-corrected chi connectivity index (χ1v) is 5.97. The van der Waals surface area contributed by atoms with Crippen LogP contribution in [0, 0.1) is 17.2 Å². The minimum Gasteiger partial charge on any atom is -0.462 e. The second-order valence-corrected chi connectivity index (χ2v) is 4.45. The molecular weight excluding hydrogens is 244 g/mol. The topological polar surface area (TPSA) is 79.2 Å². The molecule has 1 aromatic carbocycles. The van der Waals surface area contributed by atoms with E-state index in [2.05, 4.69) is 5.32 Å². The maximum atomic E-state index is 11.6. The van der Waals surface area contributed by atoms with Gasteiger partial charge in [0.15, 0.2) is 0 Å². The van der Waals surface area contributed by atoms with Crippen LogP contribution in [-0.4, -0.2) is 18.5 Å². The lowest BCUT2D eigenvalue weighted by atomic mass is 10.2. The number of nitrogens with zero attached hydrogens (tertiary/aromatic N) is 1. The molecule has 0 heterocycles. The molecule has 100 valence electrons. The number of amides is 1. The van der Waals surface area contributed by atoms with Gasteiger partial charge in [0.2, 0.25) is 5.91 Å². The van der Waals surface area contributed by atoms with Crippen LogP contribution in [0.5, 0.6) is 0 Å². The average Bonchev–Trinajstić information content (AvgIpc) is 2.37. The monoisotopic (exact) mass is 260 g/mol. The number of carbonyl (C=O) groups is 2. The number of esters is 1. The Morgan fingerprint density at radius 1 is 1.32 bits per heavy atom. The summed E-state index contributed by atoms with van der Waals surface area (Å²) in [5, 5.41) is 10.9. The standard InChI is InChI=1S/C14H16N2O3/c1-10(2)9-19-14(18)11-3-5-12(6-4-11)16-13(17)7-8-15/h3-6,10H,7,9H2,1-2H3,(H,16,17). The van der Waals surface area contributed by atoms with E-state index in [-0.39, 0.29) is 24.2 Å². The van der Waals surface area contributed by atoms with E-state index in [1.54, 1.807) is 30.3 Å². The summed E-state index contributed by atoms with van der Waals surface area (Å²) >= 11 is 0. The highest BCUT2D eigenvalue weighted by molar-refractivity contribution is 5.93. The van der Waals surface area contributed by atoms with Gasteiger partial charge >= 0.3 is 5.97 Å². The molecule has 0 bridgehead atoms. The molecule has 0 spiro atoms. The van der Waals surface area contributed by atoms with Crippen LogP contribution in [0.4, 0.5) is 5.69 Å². The van der Waals surface area contributed by atoms with Gasteiger partial charge in [-0.1, -0.05) is 13.8 Å². The molecule has 0 unspecified atom stereocenters. The van der Waals surface area contributed by atoms with Gasteiger partial charge in [-0.2, -0.15) is 5.26 Å². The predicted octanol–water partition coefficient (Wildman–Crippen LogP) is 2.35. The number of carbonyl (C=O) groups excluding carboxylic acids is 2. The lowest BCUT2D eigenvalue weighted by Gasteiger charge is -2.08. The first-order valence-electron chi connectivity index (χ1n) is 5.97. The summed E-state index contributed by atoms with van der Waals surface area (Å²) in [7, 11) is 0. The maximum absolute atomic E-state index is 11.6. The zero-order chi connectivity index (χ0) is 14.3. The Kier molecular flexibility index (Phi) is 5.55. The summed E-state index contributed by atoms with van der Waals surface area (Å²) in [6.45, 7) is 4.29. The van der Waals surface area contributed by atoms with Gasteiger partial charge in [0, 0.05) is 5.69 Å². The Morgan fingerprint density at radius 2 is 1.95 bits per heavy atom. The SMILES string of the molecule is CC(C)COC(=O)c1ccc(NC(=O)CC#N)cc1. The van der Waals surface area contributed by atoms with Gasteiger partial charge in [0.1, 0.15) is 6.42 Å². The zero-order valence-electron chi connectivity index (χ0n) is 11.0. The summed E-state index contributed by atoms with van der Waals surface area (Å²) in [6, 6.07) is 8.10. The van der Waals surface area contributed by atoms with Gasteiger partial charge in [-0.05, 0) is 30.2 Å². The van der Waals surface area contributed by atoms with Crippen LogP contribution in [0.25, 0.3) is 0 Å². The predicted molar refractivity (Wildman–Crippen MR) is 70.4 cm³/mol. The fourth-order valence-corrected chi connectivity index (χ4v) is 1.29. The summed E-state index contributed by atoms with van der Waals surface area (Å²) in [4.78, 5) is 22.8. The van der Waals surface area contributed by atoms with Crippen molar-refractivity contribution in [2.24, 2.45) is 5.92 Å². The van der Waals surface area contributed by atoms with E-state index in [4.69, 9.17) is 10.00 Å². The third kappa shape index (κ3) is 5.21. The van der Waals surface area contributed by atoms with Crippen molar-refractivity contribution in [1.29, 1.82) is 5.26 Å². The van der Waals surface area contributed by atoms with Crippen molar-refractivity contribution in [1.82, 2.24) is 0 Å². The van der Waals surface area contributed by atoms with Crippen LogP contribution in [-0.2, 0) is 9.53 Å². The van der Waals surface area contributed by atoms with E-state index >= 15 is 0 Å². The molecule has 19 heavy (non-hydrogen) atoms. The van der Waals surface area contributed by atoms with E-state index in [0.29, 0.717) is 17.9 Å². The Morgan fingerprint density at radius 3 is 2.47 bits per heavy atom. The third-order valence-corrected chi connectivity index (χ3v) is 2.19. The molecule has 5 nitrogen and oxygen atoms in total. The molecule has 0 aromatic heterocycles. The summed E-state index contributed by atoms with van der Waals surface area (Å²) in [5.41, 5.74) is 0.972. The normalized spacial score (nSPS) is 9.79. The lowest BCUT2D eigenvalue weighted by molar-refractivity contribution is -0.115. The fourth-order valence-electron chi connectivity index (χ4n) is 1.29. The van der Waals surface area contributed by atoms with Gasteiger partial charge in [-0.15, -0.1) is 0 Å². The highest BCUT2D eigenvalue weighted by Crippen LogP contribution is 2.11. The van der Waals surface area contributed by atoms with Crippen molar-refractivity contribution >= 4 is 17.6 Å². The van der Waals surface area contributed by atoms with Gasteiger partial charge < -0.3 is 10.1 Å². The van der Waals surface area contributed by atoms with Crippen molar-refractivity contribution in [3.63, 3.8) is 0 Å². The van der Waals surface area contributed by atoms with Crippen LogP contribution in [0.3, 0.4) is 0 Å². The van der Waals surface area contributed by atoms with E-state index in [9.17, 15) is 9.59 Å². The van der Waals surface area contributed by atoms with Gasteiger partial charge in [0.25, 0.3) is 0 Å². The number of hydrogen-bond donors (Lipinski definition) is 1. The molecule has 0 saturated heterocycles. The number of hydrogen-bond acceptors (Lipinski definition) is 4. The number of ether oxygens (including phenoxy) is 1. The van der Waals surface area contributed by atoms with Gasteiger partial charge in [-0.25, -0.2) is 4.79 Å². The minimum atomic E-state index is -0.386. The summed E-state index contributed by atoms with van der Waals surface area (Å²) in [6.07, 6.45) is -0.196. The molecule has 0 atom stereocenters. The molecule has 0 aliphatic heterocycles. The molecule has 1 aromatic rings. The molecule has 0 aliphatic rings. The van der Waals surface area contributed by atoms with Crippen LogP contribution in [0.2, 0.25) is 0 Å². The smallest absolute Gasteiger partial charge is 0.338 e. The summed E-state index contributed by atoms with van der Waals surface area (Å²) in [5.74, 6) is -0.477. The highest BCUT2D eigenvalue weighted by Gasteiger charge is 2.08. The Bertz CT molecular complexity index is 486. The van der Waals surface area contributed by atoms with Crippen LogP contribution in [0.15, 0.2) is 24.3 Å². The second kappa shape index (κ2) is 7.17. The summed E-state index contributed by atoms with van der Waals surface area (Å²) < 4.78 is 5.08. The molecule has 0 saturated carbocycles. The van der Waals surface area contributed by atoms with E-state index < -0.39 is 0 Å². The van der Waals surface area contributed by atoms with Crippen LogP contribution >= 0.6 is 0 Å². The first kappa shape index (κ1) is 14.7. The third-order valence-electron chi connectivity index (χ3n) is 2.19. The maximum Gasteiger partial charge on any atom is 0.338 e. The molecule has 0 fully saturated rings. The molecule has 1 amide bonds. The van der Waals surface area contributed by atoms with Crippen molar-refractivity contribution in [2.75, 3.05) is 11.9 Å². The van der Waals surface area contributed by atoms with Crippen molar-refractivity contribution in [3.8, 4) is 6.07 Å². The van der Waals surface area contributed by atoms with E-state index in [1.165, 1.54) is 0 Å². The van der Waals surface area contributed by atoms with Gasteiger partial charge in [-0.3, -0.25) is 4.79 Å². The Hall–Kier alpha value is -2.35. The number of rotatable bonds is 5. The van der Waals surface area contributed by atoms with Crippen molar-refractivity contribution < 1.29 is 14.3 Å². The molecule has 1 N–H and O–H groups in total. The molecule has 1 rings (SSSR count). The van der Waals surface area contributed by atoms with E-state index in [0.717, 1.165) is 0 Å². The Balaban J connectivity index is 2.59. The van der Waals surface area contributed by atoms with Crippen LogP contribution < -0.4 is 5.32 Å². The molecule has 5 heteroatoms. The average molecular weight is 260 g/mol. The minimum absolute atomic E-state index is 0.196. The molecular formula is C14H16N2O3. The largest absolute Gasteiger partial charge is 0.462 e. The number of nitrogens with one attached hydrogen (secondary N) is 1. The van der Waals surface area contributed by atoms with E-state index in [1.807, 2.05) is 13.8 Å². The second-order valence-electron chi connectivity index (χ2n) is 4.45. The fraction of sp³-hybridized carbons (Fsp3) is 0.357. The highest BCUT2D eigenvalue weighted by atomic mass is 16.5.